The van der Waals surface area contributed by atoms with Crippen LogP contribution in [0.1, 0.15) is 25.7 Å². The predicted octanol–water partition coefficient (Wildman–Crippen LogP) is 2.97. The number of hydrogen-bond acceptors (Lipinski definition) is 2. The van der Waals surface area contributed by atoms with Gasteiger partial charge in [-0.15, -0.1) is 0 Å². The fourth-order valence-corrected chi connectivity index (χ4v) is 2.19. The topological polar surface area (TPSA) is 58.2 Å². The summed E-state index contributed by atoms with van der Waals surface area (Å²) in [6, 6.07) is 6.81. The van der Waals surface area contributed by atoms with Crippen molar-refractivity contribution in [2.75, 3.05) is 5.32 Å². The van der Waals surface area contributed by atoms with Crippen molar-refractivity contribution in [3.63, 3.8) is 0 Å². The van der Waals surface area contributed by atoms with Crippen LogP contribution in [0.4, 0.5) is 10.5 Å². The number of rotatable bonds is 2. The molecule has 0 bridgehead atoms. The molecular weight excluding hydrogens is 252 g/mol. The van der Waals surface area contributed by atoms with E-state index in [-0.39, 0.29) is 17.9 Å². The molecule has 0 heterocycles. The second kappa shape index (κ2) is 5.87. The molecule has 5 heteroatoms. The molecular formula is C13H15ClN2O2. The second-order valence-electron chi connectivity index (χ2n) is 4.42. The van der Waals surface area contributed by atoms with E-state index < -0.39 is 0 Å². The standard InChI is InChI=1S/C13H15ClN2O2/c14-9-2-1-3-11(8-9)16-13(18)15-10-4-6-12(17)7-5-10/h1-3,8,10H,4-7H2,(H2,15,16,18). The highest BCUT2D eigenvalue weighted by atomic mass is 35.5. The quantitative estimate of drug-likeness (QED) is 0.865. The van der Waals surface area contributed by atoms with E-state index in [2.05, 4.69) is 10.6 Å². The monoisotopic (exact) mass is 266 g/mol. The first-order valence-corrected chi connectivity index (χ1v) is 6.36. The molecule has 0 spiro atoms. The number of carbonyl (C=O) groups excluding carboxylic acids is 2. The maximum Gasteiger partial charge on any atom is 0.319 e. The lowest BCUT2D eigenvalue weighted by atomic mass is 9.94. The molecule has 0 saturated heterocycles. The molecule has 1 aliphatic carbocycles. The molecule has 1 aromatic rings. The Bertz CT molecular complexity index is 452. The predicted molar refractivity (Wildman–Crippen MR) is 70.9 cm³/mol. The number of ketones is 1. The zero-order valence-corrected chi connectivity index (χ0v) is 10.7. The van der Waals surface area contributed by atoms with Crippen LogP contribution >= 0.6 is 11.6 Å². The number of carbonyl (C=O) groups is 2. The Morgan fingerprint density at radius 3 is 2.67 bits per heavy atom. The minimum absolute atomic E-state index is 0.0851. The van der Waals surface area contributed by atoms with Crippen LogP contribution in [-0.4, -0.2) is 17.9 Å². The van der Waals surface area contributed by atoms with Gasteiger partial charge in [-0.2, -0.15) is 0 Å². The average Bonchev–Trinajstić information content (AvgIpc) is 2.32. The highest BCUT2D eigenvalue weighted by molar-refractivity contribution is 6.30. The van der Waals surface area contributed by atoms with Crippen LogP contribution in [0.3, 0.4) is 0 Å². The number of halogens is 1. The SMILES string of the molecule is O=C1CCC(NC(=O)Nc2cccc(Cl)c2)CC1. The molecule has 0 radical (unpaired) electrons. The maximum absolute atomic E-state index is 11.7. The van der Waals surface area contributed by atoms with E-state index in [1.54, 1.807) is 24.3 Å². The van der Waals surface area contributed by atoms with Gasteiger partial charge in [-0.3, -0.25) is 4.79 Å². The third-order valence-electron chi connectivity index (χ3n) is 2.96. The Hall–Kier alpha value is -1.55. The highest BCUT2D eigenvalue weighted by Crippen LogP contribution is 2.16. The largest absolute Gasteiger partial charge is 0.335 e. The van der Waals surface area contributed by atoms with E-state index in [1.165, 1.54) is 0 Å². The van der Waals surface area contributed by atoms with Gasteiger partial charge in [0, 0.05) is 29.6 Å². The summed E-state index contributed by atoms with van der Waals surface area (Å²) in [7, 11) is 0. The summed E-state index contributed by atoms with van der Waals surface area (Å²) in [6.45, 7) is 0. The zero-order valence-electron chi connectivity index (χ0n) is 9.91. The number of amides is 2. The fourth-order valence-electron chi connectivity index (χ4n) is 2.00. The third-order valence-corrected chi connectivity index (χ3v) is 3.20. The first-order chi connectivity index (χ1) is 8.63. The Morgan fingerprint density at radius 1 is 1.28 bits per heavy atom. The van der Waals surface area contributed by atoms with Gasteiger partial charge in [0.1, 0.15) is 5.78 Å². The van der Waals surface area contributed by atoms with Gasteiger partial charge in [-0.1, -0.05) is 17.7 Å². The molecule has 2 amide bonds. The first kappa shape index (κ1) is 12.9. The second-order valence-corrected chi connectivity index (χ2v) is 4.86. The van der Waals surface area contributed by atoms with Crippen molar-refractivity contribution in [1.29, 1.82) is 0 Å². The van der Waals surface area contributed by atoms with E-state index in [4.69, 9.17) is 11.6 Å². The van der Waals surface area contributed by atoms with Crippen molar-refractivity contribution < 1.29 is 9.59 Å². The van der Waals surface area contributed by atoms with E-state index >= 15 is 0 Å². The van der Waals surface area contributed by atoms with E-state index in [9.17, 15) is 9.59 Å². The van der Waals surface area contributed by atoms with Crippen molar-refractivity contribution in [2.45, 2.75) is 31.7 Å². The van der Waals surface area contributed by atoms with Crippen molar-refractivity contribution in [3.8, 4) is 0 Å². The number of Topliss-reactive ketones (excluding diaryl/α,β-unsaturated/α-hetero) is 1. The Morgan fingerprint density at radius 2 is 2.00 bits per heavy atom. The smallest absolute Gasteiger partial charge is 0.319 e. The lowest BCUT2D eigenvalue weighted by Gasteiger charge is -2.22. The average molecular weight is 267 g/mol. The molecule has 18 heavy (non-hydrogen) atoms. The Balaban J connectivity index is 1.83. The van der Waals surface area contributed by atoms with E-state index in [1.807, 2.05) is 0 Å². The van der Waals surface area contributed by atoms with Gasteiger partial charge in [0.25, 0.3) is 0 Å². The molecule has 96 valence electrons. The number of anilines is 1. The summed E-state index contributed by atoms with van der Waals surface area (Å²) >= 11 is 5.83. The van der Waals surface area contributed by atoms with Gasteiger partial charge < -0.3 is 10.6 Å². The molecule has 2 N–H and O–H groups in total. The van der Waals surface area contributed by atoms with Crippen LogP contribution in [0.2, 0.25) is 5.02 Å². The molecule has 0 atom stereocenters. The Labute approximate surface area is 111 Å². The molecule has 1 aromatic carbocycles. The normalized spacial score (nSPS) is 16.4. The summed E-state index contributed by atoms with van der Waals surface area (Å²) in [5.41, 5.74) is 0.659. The lowest BCUT2D eigenvalue weighted by Crippen LogP contribution is -2.40. The molecule has 0 aromatic heterocycles. The first-order valence-electron chi connectivity index (χ1n) is 5.98. The molecule has 1 fully saturated rings. The third kappa shape index (κ3) is 3.74. The molecule has 2 rings (SSSR count). The van der Waals surface area contributed by atoms with E-state index in [0.717, 1.165) is 12.8 Å². The fraction of sp³-hybridized carbons (Fsp3) is 0.385. The van der Waals surface area contributed by atoms with Crippen molar-refractivity contribution >= 4 is 29.1 Å². The van der Waals surface area contributed by atoms with Gasteiger partial charge >= 0.3 is 6.03 Å². The molecule has 0 aliphatic heterocycles. The van der Waals surface area contributed by atoms with Crippen LogP contribution < -0.4 is 10.6 Å². The summed E-state index contributed by atoms with van der Waals surface area (Å²) in [4.78, 5) is 22.8. The van der Waals surface area contributed by atoms with Crippen LogP contribution in [0.15, 0.2) is 24.3 Å². The van der Waals surface area contributed by atoms with Crippen LogP contribution in [0.25, 0.3) is 0 Å². The van der Waals surface area contributed by atoms with Crippen LogP contribution in [0.5, 0.6) is 0 Å². The minimum Gasteiger partial charge on any atom is -0.335 e. The zero-order chi connectivity index (χ0) is 13.0. The molecule has 4 nitrogen and oxygen atoms in total. The van der Waals surface area contributed by atoms with Gasteiger partial charge in [0.05, 0.1) is 0 Å². The van der Waals surface area contributed by atoms with E-state index in [0.29, 0.717) is 23.6 Å². The molecule has 1 aliphatic rings. The van der Waals surface area contributed by atoms with Crippen molar-refractivity contribution in [2.24, 2.45) is 0 Å². The summed E-state index contributed by atoms with van der Waals surface area (Å²) < 4.78 is 0. The molecule has 0 unspecified atom stereocenters. The van der Waals surface area contributed by atoms with Gasteiger partial charge in [0.2, 0.25) is 0 Å². The summed E-state index contributed by atoms with van der Waals surface area (Å²) in [5, 5.41) is 6.16. The van der Waals surface area contributed by atoms with Crippen molar-refractivity contribution in [3.05, 3.63) is 29.3 Å². The van der Waals surface area contributed by atoms with Crippen molar-refractivity contribution in [1.82, 2.24) is 5.32 Å². The summed E-state index contributed by atoms with van der Waals surface area (Å²) in [5.74, 6) is 0.281. The van der Waals surface area contributed by atoms with Crippen LogP contribution in [0, 0.1) is 0 Å². The van der Waals surface area contributed by atoms with Gasteiger partial charge in [-0.25, -0.2) is 4.79 Å². The number of nitrogens with one attached hydrogen (secondary N) is 2. The lowest BCUT2D eigenvalue weighted by molar-refractivity contribution is -0.120. The summed E-state index contributed by atoms with van der Waals surface area (Å²) in [6.07, 6.45) is 2.56. The maximum atomic E-state index is 11.7. The van der Waals surface area contributed by atoms with Gasteiger partial charge in [-0.05, 0) is 31.0 Å². The number of benzene rings is 1. The number of hydrogen-bond donors (Lipinski definition) is 2. The minimum atomic E-state index is -0.253. The highest BCUT2D eigenvalue weighted by Gasteiger charge is 2.20. The Kier molecular flexibility index (Phi) is 4.20. The van der Waals surface area contributed by atoms with Crippen LogP contribution in [-0.2, 0) is 4.79 Å². The number of urea groups is 1. The van der Waals surface area contributed by atoms with Gasteiger partial charge in [0.15, 0.2) is 0 Å². The molecule has 1 saturated carbocycles.